The van der Waals surface area contributed by atoms with Gasteiger partial charge in [-0.3, -0.25) is 9.69 Å². The average molecular weight is 528 g/mol. The normalized spacial score (nSPS) is 15.2. The van der Waals surface area contributed by atoms with Crippen molar-refractivity contribution >= 4 is 29.4 Å². The van der Waals surface area contributed by atoms with Gasteiger partial charge in [-0.05, 0) is 56.0 Å². The minimum absolute atomic E-state index is 0.0295. The van der Waals surface area contributed by atoms with Gasteiger partial charge in [-0.25, -0.2) is 14.6 Å². The van der Waals surface area contributed by atoms with E-state index in [1.165, 1.54) is 18.5 Å². The summed E-state index contributed by atoms with van der Waals surface area (Å²) in [5, 5.41) is 18.1. The summed E-state index contributed by atoms with van der Waals surface area (Å²) >= 11 is 0. The standard InChI is InChI=1S/C25H35N5O2.C2H2O4/c1-28(2)25(31)21-7-5-12-26-24(21)27-13-6-14-29-15-17-30(18-16-29)22-8-3-4-9-23(22)32-19-20-10-11-20;3-1(4)2(5)6/h3-5,7-9,12,20H,6,10-11,13-19H2,1-2H3,(H,26,27);(H,3,4)(H,5,6). The number of ether oxygens (including phenoxy) is 1. The fourth-order valence-corrected chi connectivity index (χ4v) is 4.01. The first-order chi connectivity index (χ1) is 18.3. The molecule has 2 aliphatic rings. The molecule has 1 amide bonds. The molecule has 11 nitrogen and oxygen atoms in total. The van der Waals surface area contributed by atoms with E-state index in [2.05, 4.69) is 44.4 Å². The van der Waals surface area contributed by atoms with Crippen LogP contribution in [-0.4, -0.2) is 103 Å². The second-order valence-electron chi connectivity index (χ2n) is 9.54. The van der Waals surface area contributed by atoms with E-state index >= 15 is 0 Å². The zero-order chi connectivity index (χ0) is 27.5. The van der Waals surface area contributed by atoms with Gasteiger partial charge in [0.05, 0.1) is 17.9 Å². The van der Waals surface area contributed by atoms with Crippen molar-refractivity contribution in [2.24, 2.45) is 5.92 Å². The number of carboxylic acid groups (broad SMARTS) is 2. The van der Waals surface area contributed by atoms with Gasteiger partial charge in [-0.1, -0.05) is 12.1 Å². The smallest absolute Gasteiger partial charge is 0.414 e. The molecule has 1 saturated heterocycles. The molecule has 2 heterocycles. The summed E-state index contributed by atoms with van der Waals surface area (Å²) in [7, 11) is 3.52. The van der Waals surface area contributed by atoms with Crippen molar-refractivity contribution < 1.29 is 29.3 Å². The highest BCUT2D eigenvalue weighted by Gasteiger charge is 2.24. The molecule has 0 spiro atoms. The van der Waals surface area contributed by atoms with E-state index in [0.717, 1.165) is 64.0 Å². The molecule has 0 unspecified atom stereocenters. The van der Waals surface area contributed by atoms with E-state index in [1.54, 1.807) is 31.3 Å². The van der Waals surface area contributed by atoms with Crippen LogP contribution in [-0.2, 0) is 9.59 Å². The van der Waals surface area contributed by atoms with Crippen molar-refractivity contribution in [1.82, 2.24) is 14.8 Å². The van der Waals surface area contributed by atoms with E-state index in [4.69, 9.17) is 24.5 Å². The monoisotopic (exact) mass is 527 g/mol. The van der Waals surface area contributed by atoms with Crippen LogP contribution in [0.2, 0.25) is 0 Å². The molecule has 1 aromatic carbocycles. The number of pyridine rings is 1. The molecule has 3 N–H and O–H groups in total. The third kappa shape index (κ3) is 8.91. The number of hydrogen-bond acceptors (Lipinski definition) is 8. The van der Waals surface area contributed by atoms with E-state index in [-0.39, 0.29) is 5.91 Å². The lowest BCUT2D eigenvalue weighted by Crippen LogP contribution is -2.47. The SMILES string of the molecule is CN(C)C(=O)c1cccnc1NCCCN1CCN(c2ccccc2OCC2CC2)CC1.O=C(O)C(=O)O. The summed E-state index contributed by atoms with van der Waals surface area (Å²) in [4.78, 5) is 41.4. The number of carboxylic acids is 2. The second-order valence-corrected chi connectivity index (χ2v) is 9.54. The van der Waals surface area contributed by atoms with Crippen LogP contribution in [0.5, 0.6) is 5.75 Å². The summed E-state index contributed by atoms with van der Waals surface area (Å²) in [6.45, 7) is 6.79. The number of benzene rings is 1. The molecule has 1 aliphatic heterocycles. The zero-order valence-electron chi connectivity index (χ0n) is 22.0. The lowest BCUT2D eigenvalue weighted by molar-refractivity contribution is -0.159. The van der Waals surface area contributed by atoms with E-state index in [9.17, 15) is 4.79 Å². The summed E-state index contributed by atoms with van der Waals surface area (Å²) in [5.74, 6) is -1.23. The Morgan fingerprint density at radius 1 is 1.03 bits per heavy atom. The second kappa shape index (κ2) is 14.2. The van der Waals surface area contributed by atoms with E-state index in [0.29, 0.717) is 11.4 Å². The Morgan fingerprint density at radius 2 is 1.71 bits per heavy atom. The number of nitrogens with one attached hydrogen (secondary N) is 1. The summed E-state index contributed by atoms with van der Waals surface area (Å²) in [5.41, 5.74) is 1.84. The topological polar surface area (TPSA) is 136 Å². The van der Waals surface area contributed by atoms with Crippen molar-refractivity contribution in [3.8, 4) is 5.75 Å². The Balaban J connectivity index is 0.000000599. The van der Waals surface area contributed by atoms with Crippen molar-refractivity contribution in [3.63, 3.8) is 0 Å². The predicted octanol–water partition coefficient (Wildman–Crippen LogP) is 2.35. The van der Waals surface area contributed by atoms with Gasteiger partial charge in [0.2, 0.25) is 0 Å². The van der Waals surface area contributed by atoms with Crippen LogP contribution in [0, 0.1) is 5.92 Å². The summed E-state index contributed by atoms with van der Waals surface area (Å²) < 4.78 is 6.11. The van der Waals surface area contributed by atoms with Crippen LogP contribution in [0.25, 0.3) is 0 Å². The maximum atomic E-state index is 12.3. The highest BCUT2D eigenvalue weighted by Crippen LogP contribution is 2.33. The third-order valence-corrected chi connectivity index (χ3v) is 6.32. The largest absolute Gasteiger partial charge is 0.491 e. The number of amides is 1. The molecule has 11 heteroatoms. The number of aliphatic carboxylic acids is 2. The van der Waals surface area contributed by atoms with Gasteiger partial charge in [-0.2, -0.15) is 0 Å². The molecular weight excluding hydrogens is 490 g/mol. The number of para-hydroxylation sites is 2. The fraction of sp³-hybridized carbons (Fsp3) is 0.481. The van der Waals surface area contributed by atoms with Gasteiger partial charge in [0.1, 0.15) is 11.6 Å². The lowest BCUT2D eigenvalue weighted by atomic mass is 10.2. The number of hydrogen-bond donors (Lipinski definition) is 3. The number of piperazine rings is 1. The Morgan fingerprint density at radius 3 is 2.34 bits per heavy atom. The number of rotatable bonds is 10. The van der Waals surface area contributed by atoms with Crippen LogP contribution >= 0.6 is 0 Å². The number of carbonyl (C=O) groups is 3. The van der Waals surface area contributed by atoms with Crippen LogP contribution < -0.4 is 15.0 Å². The van der Waals surface area contributed by atoms with Crippen LogP contribution in [0.1, 0.15) is 29.6 Å². The van der Waals surface area contributed by atoms with Crippen molar-refractivity contribution in [2.75, 3.05) is 70.2 Å². The Hall–Kier alpha value is -3.86. The van der Waals surface area contributed by atoms with Crippen LogP contribution in [0.15, 0.2) is 42.6 Å². The minimum atomic E-state index is -1.82. The highest BCUT2D eigenvalue weighted by molar-refractivity contribution is 6.27. The van der Waals surface area contributed by atoms with Crippen molar-refractivity contribution in [1.29, 1.82) is 0 Å². The Labute approximate surface area is 223 Å². The minimum Gasteiger partial charge on any atom is -0.491 e. The van der Waals surface area contributed by atoms with Crippen LogP contribution in [0.3, 0.4) is 0 Å². The third-order valence-electron chi connectivity index (χ3n) is 6.32. The molecule has 1 saturated carbocycles. The predicted molar refractivity (Wildman–Crippen MR) is 144 cm³/mol. The Kier molecular flexibility index (Phi) is 10.7. The van der Waals surface area contributed by atoms with Gasteiger partial charge in [0, 0.05) is 53.0 Å². The van der Waals surface area contributed by atoms with Crippen molar-refractivity contribution in [3.05, 3.63) is 48.2 Å². The maximum Gasteiger partial charge on any atom is 0.414 e. The number of aromatic nitrogens is 1. The molecular formula is C27H37N5O6. The first-order valence-electron chi connectivity index (χ1n) is 12.8. The van der Waals surface area contributed by atoms with E-state index < -0.39 is 11.9 Å². The molecule has 1 aliphatic carbocycles. The van der Waals surface area contributed by atoms with E-state index in [1.807, 2.05) is 6.07 Å². The fourth-order valence-electron chi connectivity index (χ4n) is 4.01. The van der Waals surface area contributed by atoms with Crippen LogP contribution in [0.4, 0.5) is 11.5 Å². The quantitative estimate of drug-likeness (QED) is 0.312. The number of nitrogens with zero attached hydrogens (tertiary/aromatic N) is 4. The maximum absolute atomic E-state index is 12.3. The van der Waals surface area contributed by atoms with Gasteiger partial charge >= 0.3 is 11.9 Å². The molecule has 4 rings (SSSR count). The van der Waals surface area contributed by atoms with Gasteiger partial charge < -0.3 is 30.1 Å². The lowest BCUT2D eigenvalue weighted by Gasteiger charge is -2.36. The molecule has 0 bridgehead atoms. The number of anilines is 2. The number of carbonyl (C=O) groups excluding carboxylic acids is 1. The summed E-state index contributed by atoms with van der Waals surface area (Å²) in [6, 6.07) is 12.1. The molecule has 206 valence electrons. The zero-order valence-corrected chi connectivity index (χ0v) is 22.0. The van der Waals surface area contributed by atoms with Gasteiger partial charge in [0.25, 0.3) is 5.91 Å². The first-order valence-corrected chi connectivity index (χ1v) is 12.8. The molecule has 1 aromatic heterocycles. The molecule has 2 aromatic rings. The molecule has 0 radical (unpaired) electrons. The Bertz CT molecular complexity index is 1070. The molecule has 2 fully saturated rings. The summed E-state index contributed by atoms with van der Waals surface area (Å²) in [6.07, 6.45) is 5.35. The molecule has 0 atom stereocenters. The van der Waals surface area contributed by atoms with Gasteiger partial charge in [0.15, 0.2) is 0 Å². The first kappa shape index (κ1) is 28.7. The average Bonchev–Trinajstić information content (AvgIpc) is 3.75. The highest BCUT2D eigenvalue weighted by atomic mass is 16.5. The van der Waals surface area contributed by atoms with Crippen molar-refractivity contribution in [2.45, 2.75) is 19.3 Å². The molecule has 38 heavy (non-hydrogen) atoms. The van der Waals surface area contributed by atoms with Gasteiger partial charge in [-0.15, -0.1) is 0 Å².